The Morgan fingerprint density at radius 3 is 2.50 bits per heavy atom. The molecule has 2 N–H and O–H groups in total. The van der Waals surface area contributed by atoms with Gasteiger partial charge in [-0.25, -0.2) is 0 Å². The molecule has 1 aromatic carbocycles. The van der Waals surface area contributed by atoms with E-state index in [4.69, 9.17) is 0 Å². The number of aryl methyl sites for hydroxylation is 2. The van der Waals surface area contributed by atoms with Crippen LogP contribution in [-0.4, -0.2) is 10.2 Å². The molecule has 0 saturated heterocycles. The van der Waals surface area contributed by atoms with Crippen LogP contribution in [0.2, 0.25) is 0 Å². The zero-order valence-corrected chi connectivity index (χ0v) is 12.5. The minimum Gasteiger partial charge on any atom is -0.381 e. The highest BCUT2D eigenvalue weighted by Crippen LogP contribution is 2.33. The molecule has 2 rings (SSSR count). The number of aromatic amines is 1. The van der Waals surface area contributed by atoms with Crippen LogP contribution >= 0.6 is 15.9 Å². The van der Waals surface area contributed by atoms with E-state index in [1.807, 2.05) is 13.8 Å². The van der Waals surface area contributed by atoms with Crippen LogP contribution in [0.15, 0.2) is 22.7 Å². The van der Waals surface area contributed by atoms with Gasteiger partial charge in [-0.2, -0.15) is 18.3 Å². The van der Waals surface area contributed by atoms with E-state index < -0.39 is 11.7 Å². The van der Waals surface area contributed by atoms with E-state index in [1.54, 1.807) is 6.07 Å². The molecule has 0 saturated carbocycles. The first kappa shape index (κ1) is 14.9. The van der Waals surface area contributed by atoms with Crippen LogP contribution in [-0.2, 0) is 12.7 Å². The molecule has 108 valence electrons. The summed E-state index contributed by atoms with van der Waals surface area (Å²) in [6.07, 6.45) is -4.36. The van der Waals surface area contributed by atoms with E-state index in [-0.39, 0.29) is 0 Å². The van der Waals surface area contributed by atoms with Crippen molar-refractivity contribution in [1.82, 2.24) is 10.2 Å². The van der Waals surface area contributed by atoms with E-state index in [9.17, 15) is 13.2 Å². The Kier molecular flexibility index (Phi) is 4.08. The smallest absolute Gasteiger partial charge is 0.381 e. The molecule has 0 bridgehead atoms. The molecule has 0 amide bonds. The quantitative estimate of drug-likeness (QED) is 0.862. The van der Waals surface area contributed by atoms with E-state index in [1.165, 1.54) is 0 Å². The van der Waals surface area contributed by atoms with Crippen molar-refractivity contribution in [2.45, 2.75) is 26.6 Å². The highest BCUT2D eigenvalue weighted by Gasteiger charge is 2.31. The minimum absolute atomic E-state index is 0.385. The largest absolute Gasteiger partial charge is 0.416 e. The van der Waals surface area contributed by atoms with Crippen LogP contribution in [0.4, 0.5) is 18.9 Å². The Balaban J connectivity index is 2.20. The maximum Gasteiger partial charge on any atom is 0.416 e. The van der Waals surface area contributed by atoms with E-state index in [0.717, 1.165) is 29.1 Å². The molecule has 0 aliphatic rings. The average molecular weight is 348 g/mol. The second kappa shape index (κ2) is 5.47. The molecular formula is C13H13BrF3N3. The number of hydrogen-bond donors (Lipinski definition) is 2. The first-order chi connectivity index (χ1) is 9.27. The highest BCUT2D eigenvalue weighted by molar-refractivity contribution is 9.10. The number of nitrogens with zero attached hydrogens (tertiary/aromatic N) is 1. The standard InChI is InChI=1S/C13H13BrF3N3/c1-7-12(8(2)20-19-7)6-18-11-4-9(13(15,16)17)3-10(14)5-11/h3-5,18H,6H2,1-2H3,(H,19,20). The lowest BCUT2D eigenvalue weighted by Gasteiger charge is -2.12. The fraction of sp³-hybridized carbons (Fsp3) is 0.308. The van der Waals surface area contributed by atoms with Gasteiger partial charge in [0.05, 0.1) is 11.3 Å². The van der Waals surface area contributed by atoms with Crippen molar-refractivity contribution in [2.24, 2.45) is 0 Å². The van der Waals surface area contributed by atoms with E-state index >= 15 is 0 Å². The van der Waals surface area contributed by atoms with Crippen LogP contribution in [0.5, 0.6) is 0 Å². The van der Waals surface area contributed by atoms with Crippen LogP contribution in [0, 0.1) is 13.8 Å². The Morgan fingerprint density at radius 2 is 1.95 bits per heavy atom. The van der Waals surface area contributed by atoms with Gasteiger partial charge in [-0.05, 0) is 32.0 Å². The van der Waals surface area contributed by atoms with E-state index in [0.29, 0.717) is 16.7 Å². The Bertz CT molecular complexity index is 600. The van der Waals surface area contributed by atoms with Gasteiger partial charge in [-0.3, -0.25) is 5.10 Å². The summed E-state index contributed by atoms with van der Waals surface area (Å²) in [6, 6.07) is 3.76. The highest BCUT2D eigenvalue weighted by atomic mass is 79.9. The van der Waals surface area contributed by atoms with Crippen molar-refractivity contribution >= 4 is 21.6 Å². The maximum atomic E-state index is 12.7. The van der Waals surface area contributed by atoms with Gasteiger partial charge >= 0.3 is 6.18 Å². The Labute approximate surface area is 122 Å². The average Bonchev–Trinajstić information content (AvgIpc) is 2.65. The summed E-state index contributed by atoms with van der Waals surface area (Å²) in [6.45, 7) is 4.14. The fourth-order valence-electron chi connectivity index (χ4n) is 1.88. The third kappa shape index (κ3) is 3.33. The third-order valence-electron chi connectivity index (χ3n) is 2.98. The predicted octanol–water partition coefficient (Wildman–Crippen LogP) is 4.42. The molecule has 0 aliphatic heterocycles. The van der Waals surface area contributed by atoms with Gasteiger partial charge in [-0.1, -0.05) is 15.9 Å². The molecule has 0 atom stereocenters. The summed E-state index contributed by atoms with van der Waals surface area (Å²) in [5.41, 5.74) is 2.42. The first-order valence-electron chi connectivity index (χ1n) is 5.89. The van der Waals surface area contributed by atoms with Crippen molar-refractivity contribution in [2.75, 3.05) is 5.32 Å². The number of rotatable bonds is 3. The molecule has 0 radical (unpaired) electrons. The Morgan fingerprint density at radius 1 is 1.25 bits per heavy atom. The lowest BCUT2D eigenvalue weighted by molar-refractivity contribution is -0.137. The number of hydrogen-bond acceptors (Lipinski definition) is 2. The lowest BCUT2D eigenvalue weighted by Crippen LogP contribution is -2.07. The van der Waals surface area contributed by atoms with Crippen LogP contribution < -0.4 is 5.32 Å². The Hall–Kier alpha value is -1.50. The second-order valence-electron chi connectivity index (χ2n) is 4.49. The number of anilines is 1. The SMILES string of the molecule is Cc1n[nH]c(C)c1CNc1cc(Br)cc(C(F)(F)F)c1. The minimum atomic E-state index is -4.36. The molecule has 7 heteroatoms. The summed E-state index contributed by atoms with van der Waals surface area (Å²) in [5, 5.41) is 9.88. The zero-order valence-electron chi connectivity index (χ0n) is 10.9. The van der Waals surface area contributed by atoms with Gasteiger partial charge in [0.15, 0.2) is 0 Å². The number of alkyl halides is 3. The topological polar surface area (TPSA) is 40.7 Å². The van der Waals surface area contributed by atoms with Gasteiger partial charge < -0.3 is 5.32 Å². The fourth-order valence-corrected chi connectivity index (χ4v) is 2.37. The first-order valence-corrected chi connectivity index (χ1v) is 6.69. The zero-order chi connectivity index (χ0) is 14.9. The molecule has 0 unspecified atom stereocenters. The van der Waals surface area contributed by atoms with Crippen LogP contribution in [0.3, 0.4) is 0 Å². The second-order valence-corrected chi connectivity index (χ2v) is 5.41. The molecule has 20 heavy (non-hydrogen) atoms. The van der Waals surface area contributed by atoms with Gasteiger partial charge in [0, 0.05) is 28.0 Å². The summed E-state index contributed by atoms with van der Waals surface area (Å²) in [7, 11) is 0. The molecule has 0 spiro atoms. The number of aromatic nitrogens is 2. The number of H-pyrrole nitrogens is 1. The maximum absolute atomic E-state index is 12.7. The summed E-state index contributed by atoms with van der Waals surface area (Å²) < 4.78 is 38.6. The van der Waals surface area contributed by atoms with Crippen molar-refractivity contribution in [3.8, 4) is 0 Å². The number of benzene rings is 1. The number of halogens is 4. The molecule has 0 aliphatic carbocycles. The third-order valence-corrected chi connectivity index (χ3v) is 3.43. The summed E-state index contributed by atoms with van der Waals surface area (Å²) in [5.74, 6) is 0. The predicted molar refractivity (Wildman–Crippen MR) is 74.5 cm³/mol. The molecule has 2 aromatic rings. The normalized spacial score (nSPS) is 11.7. The van der Waals surface area contributed by atoms with Crippen molar-refractivity contribution < 1.29 is 13.2 Å². The van der Waals surface area contributed by atoms with Crippen LogP contribution in [0.1, 0.15) is 22.5 Å². The number of nitrogens with one attached hydrogen (secondary N) is 2. The monoisotopic (exact) mass is 347 g/mol. The van der Waals surface area contributed by atoms with Gasteiger partial charge in [0.1, 0.15) is 0 Å². The molecule has 3 nitrogen and oxygen atoms in total. The van der Waals surface area contributed by atoms with Crippen molar-refractivity contribution in [3.05, 3.63) is 45.2 Å². The molecule has 1 heterocycles. The van der Waals surface area contributed by atoms with E-state index in [2.05, 4.69) is 31.4 Å². The molecular weight excluding hydrogens is 335 g/mol. The van der Waals surface area contributed by atoms with Crippen molar-refractivity contribution in [1.29, 1.82) is 0 Å². The van der Waals surface area contributed by atoms with Gasteiger partial charge in [0.25, 0.3) is 0 Å². The lowest BCUT2D eigenvalue weighted by atomic mass is 10.1. The molecule has 0 fully saturated rings. The van der Waals surface area contributed by atoms with Crippen LogP contribution in [0.25, 0.3) is 0 Å². The van der Waals surface area contributed by atoms with Crippen molar-refractivity contribution in [3.63, 3.8) is 0 Å². The van der Waals surface area contributed by atoms with Gasteiger partial charge in [0.2, 0.25) is 0 Å². The van der Waals surface area contributed by atoms with Gasteiger partial charge in [-0.15, -0.1) is 0 Å². The molecule has 1 aromatic heterocycles. The summed E-state index contributed by atoms with van der Waals surface area (Å²) >= 11 is 3.09. The summed E-state index contributed by atoms with van der Waals surface area (Å²) in [4.78, 5) is 0.